The van der Waals surface area contributed by atoms with Crippen molar-refractivity contribution in [3.63, 3.8) is 0 Å². The number of amides is 5. The fraction of sp³-hybridized carbons (Fsp3) is 0.476. The number of rotatable bonds is 6. The third kappa shape index (κ3) is 5.38. The quantitative estimate of drug-likeness (QED) is 0.230. The maximum atomic E-state index is 13.0. The number of nitrogens with one attached hydrogen (secondary N) is 2. The molecule has 1 fully saturated rings. The van der Waals surface area contributed by atoms with E-state index in [-0.39, 0.29) is 30.8 Å². The second-order valence-electron chi connectivity index (χ2n) is 8.80. The zero-order valence-corrected chi connectivity index (χ0v) is 19.5. The number of fused-ring (bicyclic) bond motifs is 1. The second kappa shape index (κ2) is 9.92. The number of hydrogen-bond donors (Lipinski definition) is 5. The Kier molecular flexibility index (Phi) is 7.36. The Morgan fingerprint density at radius 1 is 1.23 bits per heavy atom. The Bertz CT molecular complexity index is 1060. The number of nitrogens with zero attached hydrogens (tertiary/aromatic N) is 2. The van der Waals surface area contributed by atoms with Gasteiger partial charge in [-0.3, -0.25) is 19.3 Å². The molecule has 0 bridgehead atoms. The summed E-state index contributed by atoms with van der Waals surface area (Å²) in [6.07, 6.45) is 0.0157. The summed E-state index contributed by atoms with van der Waals surface area (Å²) in [5, 5.41) is 35.0. The van der Waals surface area contributed by atoms with E-state index in [9.17, 15) is 39.2 Å². The highest BCUT2D eigenvalue weighted by atomic mass is 16.5. The average Bonchev–Trinajstić information content (AvgIpc) is 2.78. The maximum Gasteiger partial charge on any atom is 0.547 e. The molecule has 188 valence electrons. The number of likely N-dealkylation sites (N-methyl/N-ethyl adjacent to an activating group) is 1. The number of piperazine rings is 1. The van der Waals surface area contributed by atoms with Gasteiger partial charge in [-0.25, -0.2) is 9.59 Å². The van der Waals surface area contributed by atoms with Crippen molar-refractivity contribution in [1.82, 2.24) is 20.4 Å². The molecule has 13 nitrogen and oxygen atoms in total. The van der Waals surface area contributed by atoms with Crippen LogP contribution in [0.5, 0.6) is 5.75 Å². The van der Waals surface area contributed by atoms with Crippen LogP contribution in [0.4, 0.5) is 4.79 Å². The topological polar surface area (TPSA) is 186 Å². The molecule has 14 heteroatoms. The van der Waals surface area contributed by atoms with E-state index in [1.54, 1.807) is 13.0 Å². The van der Waals surface area contributed by atoms with Crippen molar-refractivity contribution < 1.29 is 43.9 Å². The predicted molar refractivity (Wildman–Crippen MR) is 120 cm³/mol. The van der Waals surface area contributed by atoms with Crippen molar-refractivity contribution in [2.75, 3.05) is 19.6 Å². The van der Waals surface area contributed by atoms with Gasteiger partial charge < -0.3 is 35.4 Å². The Morgan fingerprint density at radius 3 is 2.51 bits per heavy atom. The molecular weight excluding hydrogens is 463 g/mol. The van der Waals surface area contributed by atoms with Crippen LogP contribution in [0.25, 0.3) is 0 Å². The summed E-state index contributed by atoms with van der Waals surface area (Å²) < 4.78 is 5.34. The van der Waals surface area contributed by atoms with Crippen molar-refractivity contribution >= 4 is 36.8 Å². The fourth-order valence-corrected chi connectivity index (χ4v) is 3.92. The molecule has 0 aliphatic carbocycles. The van der Waals surface area contributed by atoms with E-state index in [1.807, 2.05) is 0 Å². The summed E-state index contributed by atoms with van der Waals surface area (Å²) in [6.45, 7) is 4.58. The zero-order chi connectivity index (χ0) is 26.1. The molecule has 2 aliphatic rings. The van der Waals surface area contributed by atoms with Crippen LogP contribution in [0, 0.1) is 0 Å². The van der Waals surface area contributed by atoms with E-state index in [1.165, 1.54) is 30.9 Å². The molecule has 0 spiro atoms. The molecule has 0 aromatic heterocycles. The van der Waals surface area contributed by atoms with Gasteiger partial charge >= 0.3 is 30.9 Å². The molecule has 35 heavy (non-hydrogen) atoms. The first-order chi connectivity index (χ1) is 16.3. The normalized spacial score (nSPS) is 19.0. The van der Waals surface area contributed by atoms with Gasteiger partial charge in [0, 0.05) is 19.6 Å². The summed E-state index contributed by atoms with van der Waals surface area (Å²) in [5.41, 5.74) is -1.51. The molecule has 2 heterocycles. The first-order valence-corrected chi connectivity index (χ1v) is 11.0. The molecule has 2 aliphatic heterocycles. The molecule has 3 rings (SSSR count). The van der Waals surface area contributed by atoms with E-state index in [0.29, 0.717) is 17.0 Å². The van der Waals surface area contributed by atoms with Crippen LogP contribution in [0.1, 0.15) is 36.7 Å². The van der Waals surface area contributed by atoms with E-state index in [2.05, 4.69) is 10.6 Å². The van der Waals surface area contributed by atoms with Gasteiger partial charge in [-0.05, 0) is 38.8 Å². The molecule has 0 saturated carbocycles. The first-order valence-electron chi connectivity index (χ1n) is 11.0. The first kappa shape index (κ1) is 26.0. The minimum absolute atomic E-state index is 0.0141. The van der Waals surface area contributed by atoms with Gasteiger partial charge in [0.15, 0.2) is 0 Å². The summed E-state index contributed by atoms with van der Waals surface area (Å²) in [4.78, 5) is 63.5. The second-order valence-corrected chi connectivity index (χ2v) is 8.80. The van der Waals surface area contributed by atoms with Gasteiger partial charge in [0.2, 0.25) is 5.91 Å². The van der Waals surface area contributed by atoms with Crippen molar-refractivity contribution in [2.24, 2.45) is 0 Å². The lowest BCUT2D eigenvalue weighted by atomic mass is 9.72. The number of hydrogen-bond acceptors (Lipinski definition) is 8. The van der Waals surface area contributed by atoms with Crippen molar-refractivity contribution in [3.05, 3.63) is 29.3 Å². The van der Waals surface area contributed by atoms with Gasteiger partial charge in [-0.2, -0.15) is 0 Å². The van der Waals surface area contributed by atoms with Gasteiger partial charge in [0.25, 0.3) is 0 Å². The lowest BCUT2D eigenvalue weighted by Crippen LogP contribution is -2.65. The van der Waals surface area contributed by atoms with Crippen LogP contribution in [-0.2, 0) is 20.8 Å². The highest BCUT2D eigenvalue weighted by molar-refractivity contribution is 6.47. The number of carboxylic acid groups (broad SMARTS) is 1. The number of carbonyl (C=O) groups is 5. The SMILES string of the molecule is CCN1CCN(C(=O)NC(C(=O)NC2Cc3cccc(C(=O)O)c3OB2O)C(C)(C)O)C(=O)C1=O. The molecule has 5 N–H and O–H groups in total. The predicted octanol–water partition coefficient (Wildman–Crippen LogP) is -1.64. The van der Waals surface area contributed by atoms with Crippen molar-refractivity contribution in [3.8, 4) is 5.75 Å². The Labute approximate surface area is 201 Å². The molecule has 2 unspecified atom stereocenters. The summed E-state index contributed by atoms with van der Waals surface area (Å²) in [7, 11) is -1.61. The molecular formula is C21H27BN4O9. The molecule has 0 radical (unpaired) electrons. The lowest BCUT2D eigenvalue weighted by Gasteiger charge is -2.36. The van der Waals surface area contributed by atoms with Crippen LogP contribution < -0.4 is 15.3 Å². The van der Waals surface area contributed by atoms with E-state index in [0.717, 1.165) is 0 Å². The standard InChI is InChI=1S/C21H27BN4O9/c1-4-25-8-9-26(18(29)17(25)28)20(32)24-15(21(2,3)33)16(27)23-13-10-11-6-5-7-12(19(30)31)14(11)35-22(13)34/h5-7,13,15,33-34H,4,8-10H2,1-3H3,(H,23,27)(H,24,32)(H,30,31). The van der Waals surface area contributed by atoms with Crippen LogP contribution in [0.3, 0.4) is 0 Å². The summed E-state index contributed by atoms with van der Waals surface area (Å²) in [5.74, 6) is -5.07. The van der Waals surface area contributed by atoms with Gasteiger partial charge in [0.05, 0.1) is 17.1 Å². The number of urea groups is 1. The molecule has 2 atom stereocenters. The monoisotopic (exact) mass is 490 g/mol. The van der Waals surface area contributed by atoms with Gasteiger partial charge in [-0.1, -0.05) is 12.1 Å². The minimum Gasteiger partial charge on any atom is -0.534 e. The minimum atomic E-state index is -1.80. The third-order valence-electron chi connectivity index (χ3n) is 5.85. The summed E-state index contributed by atoms with van der Waals surface area (Å²) >= 11 is 0. The van der Waals surface area contributed by atoms with E-state index < -0.39 is 54.4 Å². The van der Waals surface area contributed by atoms with Gasteiger partial charge in [-0.15, -0.1) is 0 Å². The number of aromatic carboxylic acids is 1. The van der Waals surface area contributed by atoms with E-state index >= 15 is 0 Å². The highest BCUT2D eigenvalue weighted by Crippen LogP contribution is 2.30. The molecule has 1 saturated heterocycles. The van der Waals surface area contributed by atoms with Crippen molar-refractivity contribution in [2.45, 2.75) is 44.8 Å². The van der Waals surface area contributed by atoms with Crippen molar-refractivity contribution in [1.29, 1.82) is 0 Å². The number of carbonyl (C=O) groups excluding carboxylic acids is 4. The third-order valence-corrected chi connectivity index (χ3v) is 5.85. The highest BCUT2D eigenvalue weighted by Gasteiger charge is 2.43. The number of imide groups is 1. The van der Waals surface area contributed by atoms with Crippen LogP contribution in [0.15, 0.2) is 18.2 Å². The molecule has 1 aromatic carbocycles. The van der Waals surface area contributed by atoms with Crippen LogP contribution in [-0.4, -0.2) is 99.1 Å². The van der Waals surface area contributed by atoms with E-state index in [4.69, 9.17) is 4.65 Å². The summed E-state index contributed by atoms with van der Waals surface area (Å²) in [6, 6.07) is 1.80. The maximum absolute atomic E-state index is 13.0. The average molecular weight is 490 g/mol. The molecule has 5 amide bonds. The Hall–Kier alpha value is -3.65. The number of para-hydroxylation sites is 1. The molecule has 1 aromatic rings. The number of benzene rings is 1. The van der Waals surface area contributed by atoms with Crippen LogP contribution in [0.2, 0.25) is 0 Å². The smallest absolute Gasteiger partial charge is 0.534 e. The largest absolute Gasteiger partial charge is 0.547 e. The Balaban J connectivity index is 1.74. The Morgan fingerprint density at radius 2 is 1.91 bits per heavy atom. The fourth-order valence-electron chi connectivity index (χ4n) is 3.92. The van der Waals surface area contributed by atoms with Crippen LogP contribution >= 0.6 is 0 Å². The number of aliphatic hydroxyl groups is 1. The van der Waals surface area contributed by atoms with Gasteiger partial charge in [0.1, 0.15) is 11.8 Å². The number of carboxylic acids is 1. The lowest BCUT2D eigenvalue weighted by molar-refractivity contribution is -0.153. The zero-order valence-electron chi connectivity index (χ0n) is 19.5.